The third-order valence-electron chi connectivity index (χ3n) is 6.24. The molecule has 1 saturated heterocycles. The fraction of sp³-hybridized carbons (Fsp3) is 0.538. The molecule has 3 rings (SSSR count). The van der Waals surface area contributed by atoms with Gasteiger partial charge in [-0.15, -0.1) is 0 Å². The molecule has 6 nitrogen and oxygen atoms in total. The summed E-state index contributed by atoms with van der Waals surface area (Å²) < 4.78 is 10.7. The first-order valence-electron chi connectivity index (χ1n) is 11.4. The monoisotopic (exact) mass is 439 g/mol. The van der Waals surface area contributed by atoms with E-state index in [1.54, 1.807) is 13.3 Å². The van der Waals surface area contributed by atoms with E-state index in [0.717, 1.165) is 43.9 Å². The van der Waals surface area contributed by atoms with E-state index in [1.165, 1.54) is 18.2 Å². The van der Waals surface area contributed by atoms with Crippen LogP contribution in [-0.4, -0.2) is 49.7 Å². The first-order valence-corrected chi connectivity index (χ1v) is 11.4. The Kier molecular flexibility index (Phi) is 8.26. The first kappa shape index (κ1) is 24.2. The highest BCUT2D eigenvalue weighted by Crippen LogP contribution is 2.33. The Morgan fingerprint density at radius 2 is 1.94 bits per heavy atom. The van der Waals surface area contributed by atoms with Crippen LogP contribution in [0.2, 0.25) is 0 Å². The molecule has 1 amide bonds. The number of rotatable bonds is 8. The molecule has 0 bridgehead atoms. The molecule has 1 aliphatic heterocycles. The number of piperidine rings is 1. The van der Waals surface area contributed by atoms with Crippen molar-refractivity contribution < 1.29 is 14.3 Å². The molecule has 1 atom stereocenters. The van der Waals surface area contributed by atoms with Crippen LogP contribution in [0.3, 0.4) is 0 Å². The molecular formula is C26H37N3O3. The lowest BCUT2D eigenvalue weighted by Crippen LogP contribution is -2.41. The van der Waals surface area contributed by atoms with Crippen LogP contribution in [0.1, 0.15) is 56.5 Å². The third kappa shape index (κ3) is 6.30. The Hall–Kier alpha value is -2.44. The van der Waals surface area contributed by atoms with Gasteiger partial charge in [-0.25, -0.2) is 0 Å². The number of aromatic nitrogens is 1. The van der Waals surface area contributed by atoms with Gasteiger partial charge >= 0.3 is 0 Å². The number of carbonyl (C=O) groups is 1. The number of amides is 1. The normalized spacial score (nSPS) is 16.5. The average molecular weight is 440 g/mol. The highest BCUT2D eigenvalue weighted by atomic mass is 16.5. The zero-order valence-electron chi connectivity index (χ0n) is 20.1. The standard InChI is InChI=1S/C26H37N3O3/c1-26(2,3)21-9-10-23(32-5)20(16-21)17-29-14-11-19(12-15-29)25(28-24(30)18-31-4)22-8-6-7-13-27-22/h6-10,13,16,19,25H,11-12,14-15,17-18H2,1-5H3,(H,28,30). The second kappa shape index (κ2) is 10.9. The smallest absolute Gasteiger partial charge is 0.246 e. The molecule has 32 heavy (non-hydrogen) atoms. The Balaban J connectivity index is 1.68. The van der Waals surface area contributed by atoms with Crippen molar-refractivity contribution in [3.05, 3.63) is 59.4 Å². The van der Waals surface area contributed by atoms with Gasteiger partial charge in [0.25, 0.3) is 0 Å². The fourth-order valence-electron chi connectivity index (χ4n) is 4.39. The lowest BCUT2D eigenvalue weighted by molar-refractivity contribution is -0.126. The SMILES string of the molecule is COCC(=O)NC(c1ccccn1)C1CCN(Cc2cc(C(C)(C)C)ccc2OC)CC1. The molecule has 2 heterocycles. The molecule has 0 saturated carbocycles. The van der Waals surface area contributed by atoms with Crippen molar-refractivity contribution in [2.45, 2.75) is 51.6 Å². The summed E-state index contributed by atoms with van der Waals surface area (Å²) in [4.78, 5) is 19.3. The molecule has 6 heteroatoms. The second-order valence-corrected chi connectivity index (χ2v) is 9.62. The molecule has 1 aliphatic rings. The summed E-state index contributed by atoms with van der Waals surface area (Å²) in [6.45, 7) is 9.57. The quantitative estimate of drug-likeness (QED) is 0.671. The maximum atomic E-state index is 12.3. The van der Waals surface area contributed by atoms with Gasteiger partial charge in [0.15, 0.2) is 0 Å². The summed E-state index contributed by atoms with van der Waals surface area (Å²) >= 11 is 0. The van der Waals surface area contributed by atoms with E-state index in [0.29, 0.717) is 5.92 Å². The van der Waals surface area contributed by atoms with Crippen LogP contribution < -0.4 is 10.1 Å². The van der Waals surface area contributed by atoms with Gasteiger partial charge in [-0.1, -0.05) is 39.0 Å². The van der Waals surface area contributed by atoms with Gasteiger partial charge in [-0.05, 0) is 61.0 Å². The van der Waals surface area contributed by atoms with Gasteiger partial charge in [0, 0.05) is 25.4 Å². The molecular weight excluding hydrogens is 402 g/mol. The minimum absolute atomic E-state index is 0.0616. The van der Waals surface area contributed by atoms with Crippen LogP contribution in [0, 0.1) is 5.92 Å². The van der Waals surface area contributed by atoms with E-state index >= 15 is 0 Å². The van der Waals surface area contributed by atoms with E-state index in [9.17, 15) is 4.79 Å². The summed E-state index contributed by atoms with van der Waals surface area (Å²) in [7, 11) is 3.28. The Morgan fingerprint density at radius 3 is 2.53 bits per heavy atom. The number of hydrogen-bond donors (Lipinski definition) is 1. The number of pyridine rings is 1. The summed E-state index contributed by atoms with van der Waals surface area (Å²) in [5.41, 5.74) is 3.56. The van der Waals surface area contributed by atoms with Crippen molar-refractivity contribution in [3.8, 4) is 5.75 Å². The molecule has 0 radical (unpaired) electrons. The molecule has 0 spiro atoms. The van der Waals surface area contributed by atoms with Gasteiger partial charge in [0.2, 0.25) is 5.91 Å². The summed E-state index contributed by atoms with van der Waals surface area (Å²) in [5.74, 6) is 1.18. The van der Waals surface area contributed by atoms with Crippen LogP contribution in [-0.2, 0) is 21.5 Å². The number of nitrogens with one attached hydrogen (secondary N) is 1. The van der Waals surface area contributed by atoms with E-state index in [2.05, 4.69) is 54.2 Å². The van der Waals surface area contributed by atoms with Crippen LogP contribution in [0.25, 0.3) is 0 Å². The zero-order chi connectivity index (χ0) is 23.1. The number of carbonyl (C=O) groups excluding carboxylic acids is 1. The summed E-state index contributed by atoms with van der Waals surface area (Å²) in [6, 6.07) is 12.3. The van der Waals surface area contributed by atoms with E-state index in [1.807, 2.05) is 18.2 Å². The minimum Gasteiger partial charge on any atom is -0.496 e. The molecule has 1 unspecified atom stereocenters. The Morgan fingerprint density at radius 1 is 1.19 bits per heavy atom. The zero-order valence-corrected chi connectivity index (χ0v) is 20.1. The van der Waals surface area contributed by atoms with Gasteiger partial charge in [-0.3, -0.25) is 14.7 Å². The number of hydrogen-bond acceptors (Lipinski definition) is 5. The number of nitrogens with zero attached hydrogens (tertiary/aromatic N) is 2. The predicted octanol–water partition coefficient (Wildman–Crippen LogP) is 4.10. The average Bonchev–Trinajstić information content (AvgIpc) is 2.78. The highest BCUT2D eigenvalue weighted by molar-refractivity contribution is 5.77. The molecule has 1 N–H and O–H groups in total. The van der Waals surface area contributed by atoms with Crippen LogP contribution in [0.5, 0.6) is 5.75 Å². The van der Waals surface area contributed by atoms with Crippen LogP contribution >= 0.6 is 0 Å². The molecule has 174 valence electrons. The Bertz CT molecular complexity index is 872. The predicted molar refractivity (Wildman–Crippen MR) is 127 cm³/mol. The van der Waals surface area contributed by atoms with Crippen molar-refractivity contribution in [2.75, 3.05) is 33.9 Å². The lowest BCUT2D eigenvalue weighted by atomic mass is 9.85. The minimum atomic E-state index is -0.102. The topological polar surface area (TPSA) is 63.7 Å². The van der Waals surface area contributed by atoms with E-state index in [4.69, 9.17) is 9.47 Å². The lowest BCUT2D eigenvalue weighted by Gasteiger charge is -2.36. The number of ether oxygens (including phenoxy) is 2. The number of methoxy groups -OCH3 is 2. The molecule has 1 fully saturated rings. The molecule has 0 aliphatic carbocycles. The molecule has 1 aromatic carbocycles. The largest absolute Gasteiger partial charge is 0.496 e. The van der Waals surface area contributed by atoms with Gasteiger partial charge in [0.05, 0.1) is 18.8 Å². The summed E-state index contributed by atoms with van der Waals surface area (Å²) in [6.07, 6.45) is 3.78. The third-order valence-corrected chi connectivity index (χ3v) is 6.24. The van der Waals surface area contributed by atoms with Crippen LogP contribution in [0.4, 0.5) is 0 Å². The van der Waals surface area contributed by atoms with E-state index < -0.39 is 0 Å². The van der Waals surface area contributed by atoms with Crippen molar-refractivity contribution in [3.63, 3.8) is 0 Å². The van der Waals surface area contributed by atoms with Crippen LogP contribution in [0.15, 0.2) is 42.6 Å². The van der Waals surface area contributed by atoms with Crippen molar-refractivity contribution >= 4 is 5.91 Å². The van der Waals surface area contributed by atoms with Crippen molar-refractivity contribution in [1.82, 2.24) is 15.2 Å². The van der Waals surface area contributed by atoms with Gasteiger partial charge in [-0.2, -0.15) is 0 Å². The van der Waals surface area contributed by atoms with Crippen molar-refractivity contribution in [1.29, 1.82) is 0 Å². The number of likely N-dealkylation sites (tertiary alicyclic amines) is 1. The highest BCUT2D eigenvalue weighted by Gasteiger charge is 2.30. The summed E-state index contributed by atoms with van der Waals surface area (Å²) in [5, 5.41) is 3.15. The van der Waals surface area contributed by atoms with Gasteiger partial charge in [0.1, 0.15) is 12.4 Å². The molecule has 1 aromatic heterocycles. The maximum absolute atomic E-state index is 12.3. The Labute approximate surface area is 192 Å². The second-order valence-electron chi connectivity index (χ2n) is 9.62. The number of benzene rings is 1. The molecule has 2 aromatic rings. The fourth-order valence-corrected chi connectivity index (χ4v) is 4.39. The first-order chi connectivity index (χ1) is 15.3. The van der Waals surface area contributed by atoms with Gasteiger partial charge < -0.3 is 14.8 Å². The van der Waals surface area contributed by atoms with Crippen molar-refractivity contribution in [2.24, 2.45) is 5.92 Å². The maximum Gasteiger partial charge on any atom is 0.246 e. The van der Waals surface area contributed by atoms with E-state index in [-0.39, 0.29) is 24.0 Å².